The summed E-state index contributed by atoms with van der Waals surface area (Å²) in [5, 5.41) is 9.05. The summed E-state index contributed by atoms with van der Waals surface area (Å²) in [7, 11) is 1.52. The number of methoxy groups -OCH3 is 1. The van der Waals surface area contributed by atoms with E-state index in [1.54, 1.807) is 42.7 Å². The van der Waals surface area contributed by atoms with Crippen molar-refractivity contribution in [1.82, 2.24) is 25.1 Å². The lowest BCUT2D eigenvalue weighted by molar-refractivity contribution is -0.141. The van der Waals surface area contributed by atoms with Gasteiger partial charge in [-0.05, 0) is 30.3 Å². The largest absolute Gasteiger partial charge is 0.497 e. The molecule has 28 heavy (non-hydrogen) atoms. The fourth-order valence-electron chi connectivity index (χ4n) is 2.61. The number of fused-ring (bicyclic) bond motifs is 1. The molecule has 3 heterocycles. The minimum Gasteiger partial charge on any atom is -0.497 e. The molecular formula is C18H13F3N6O. The molecule has 7 nitrogen and oxygen atoms in total. The fraction of sp³-hybridized carbons (Fsp3) is 0.111. The third-order valence-corrected chi connectivity index (χ3v) is 3.94. The zero-order chi connectivity index (χ0) is 19.7. The van der Waals surface area contributed by atoms with Crippen molar-refractivity contribution < 1.29 is 17.9 Å². The highest BCUT2D eigenvalue weighted by Crippen LogP contribution is 2.32. The Morgan fingerprint density at radius 3 is 2.64 bits per heavy atom. The molecule has 0 radical (unpaired) electrons. The van der Waals surface area contributed by atoms with Crippen LogP contribution in [-0.2, 0) is 6.18 Å². The van der Waals surface area contributed by atoms with Crippen LogP contribution in [0.1, 0.15) is 5.69 Å². The monoisotopic (exact) mass is 386 g/mol. The number of pyridine rings is 1. The Bertz CT molecular complexity index is 1130. The highest BCUT2D eigenvalue weighted by atomic mass is 19.4. The number of H-pyrrole nitrogens is 1. The normalized spacial score (nSPS) is 11.6. The van der Waals surface area contributed by atoms with Crippen LogP contribution >= 0.6 is 0 Å². The first kappa shape index (κ1) is 17.7. The molecule has 0 spiro atoms. The number of aromatic amines is 1. The summed E-state index contributed by atoms with van der Waals surface area (Å²) in [6.45, 7) is 0. The van der Waals surface area contributed by atoms with E-state index in [1.165, 1.54) is 7.11 Å². The van der Waals surface area contributed by atoms with Crippen LogP contribution in [0.2, 0.25) is 0 Å². The van der Waals surface area contributed by atoms with Crippen LogP contribution < -0.4 is 10.1 Å². The number of hydrogen-bond acceptors (Lipinski definition) is 6. The SMILES string of the molecule is COc1ccc2nc(-c3cccnc3)nc(Nc3cc(C(F)(F)F)n[nH]3)c2c1. The van der Waals surface area contributed by atoms with Gasteiger partial charge in [0.15, 0.2) is 11.5 Å². The number of ether oxygens (including phenoxy) is 1. The summed E-state index contributed by atoms with van der Waals surface area (Å²) in [5.74, 6) is 1.30. The van der Waals surface area contributed by atoms with E-state index >= 15 is 0 Å². The van der Waals surface area contributed by atoms with Crippen LogP contribution in [0.15, 0.2) is 48.8 Å². The van der Waals surface area contributed by atoms with Gasteiger partial charge in [-0.1, -0.05) is 0 Å². The first-order valence-corrected chi connectivity index (χ1v) is 8.10. The van der Waals surface area contributed by atoms with Gasteiger partial charge in [0.1, 0.15) is 17.4 Å². The van der Waals surface area contributed by atoms with E-state index in [-0.39, 0.29) is 5.82 Å². The number of hydrogen-bond donors (Lipinski definition) is 2. The minimum atomic E-state index is -4.55. The van der Waals surface area contributed by atoms with Crippen molar-refractivity contribution in [1.29, 1.82) is 0 Å². The average molecular weight is 386 g/mol. The molecule has 0 aliphatic rings. The van der Waals surface area contributed by atoms with Crippen molar-refractivity contribution in [3.05, 3.63) is 54.5 Å². The van der Waals surface area contributed by atoms with E-state index in [1.807, 2.05) is 0 Å². The second-order valence-corrected chi connectivity index (χ2v) is 5.81. The zero-order valence-electron chi connectivity index (χ0n) is 14.4. The van der Waals surface area contributed by atoms with E-state index < -0.39 is 11.9 Å². The summed E-state index contributed by atoms with van der Waals surface area (Å²) in [4.78, 5) is 13.0. The van der Waals surface area contributed by atoms with Gasteiger partial charge in [0.2, 0.25) is 0 Å². The van der Waals surface area contributed by atoms with Gasteiger partial charge < -0.3 is 10.1 Å². The van der Waals surface area contributed by atoms with Crippen molar-refractivity contribution >= 4 is 22.5 Å². The first-order chi connectivity index (χ1) is 13.4. The number of halogens is 3. The summed E-state index contributed by atoms with van der Waals surface area (Å²) in [6, 6.07) is 9.59. The van der Waals surface area contributed by atoms with Crippen LogP contribution in [0.4, 0.5) is 24.8 Å². The molecule has 3 aromatic heterocycles. The lowest BCUT2D eigenvalue weighted by Crippen LogP contribution is -2.04. The maximum atomic E-state index is 12.8. The van der Waals surface area contributed by atoms with Crippen LogP contribution in [0.5, 0.6) is 5.75 Å². The molecule has 142 valence electrons. The first-order valence-electron chi connectivity index (χ1n) is 8.10. The Hall–Kier alpha value is -3.69. The summed E-state index contributed by atoms with van der Waals surface area (Å²) in [5.41, 5.74) is 0.231. The summed E-state index contributed by atoms with van der Waals surface area (Å²) in [6.07, 6.45) is -1.32. The van der Waals surface area contributed by atoms with Gasteiger partial charge in [-0.25, -0.2) is 9.97 Å². The van der Waals surface area contributed by atoms with E-state index in [2.05, 4.69) is 30.5 Å². The Morgan fingerprint density at radius 1 is 1.11 bits per heavy atom. The maximum absolute atomic E-state index is 12.8. The molecule has 0 fully saturated rings. The molecule has 0 atom stereocenters. The molecule has 0 aliphatic carbocycles. The minimum absolute atomic E-state index is 0.0484. The summed E-state index contributed by atoms with van der Waals surface area (Å²) >= 11 is 0. The molecule has 0 saturated carbocycles. The van der Waals surface area contributed by atoms with Crippen LogP contribution in [0, 0.1) is 0 Å². The Labute approximate surface area is 156 Å². The standard InChI is InChI=1S/C18H13F3N6O/c1-28-11-4-5-13-12(7-11)17(24-15-8-14(26-27-15)18(19,20)21)25-16(23-13)10-3-2-6-22-9-10/h2-9H,1H3,(H2,23,24,25,26,27). The molecule has 4 rings (SSSR count). The van der Waals surface area contributed by atoms with E-state index in [0.29, 0.717) is 33.9 Å². The van der Waals surface area contributed by atoms with Gasteiger partial charge in [0.25, 0.3) is 0 Å². The second-order valence-electron chi connectivity index (χ2n) is 5.81. The smallest absolute Gasteiger partial charge is 0.435 e. The Balaban J connectivity index is 1.83. The van der Waals surface area contributed by atoms with Crippen LogP contribution in [0.3, 0.4) is 0 Å². The van der Waals surface area contributed by atoms with Gasteiger partial charge in [0.05, 0.1) is 12.6 Å². The Kier molecular flexibility index (Phi) is 4.30. The lowest BCUT2D eigenvalue weighted by atomic mass is 10.2. The van der Waals surface area contributed by atoms with Gasteiger partial charge >= 0.3 is 6.18 Å². The molecule has 0 bridgehead atoms. The topological polar surface area (TPSA) is 88.6 Å². The molecule has 4 aromatic rings. The van der Waals surface area contributed by atoms with Crippen LogP contribution in [-0.4, -0.2) is 32.3 Å². The molecule has 1 aromatic carbocycles. The van der Waals surface area contributed by atoms with Gasteiger partial charge in [-0.15, -0.1) is 0 Å². The van der Waals surface area contributed by atoms with Crippen molar-refractivity contribution in [2.45, 2.75) is 6.18 Å². The maximum Gasteiger partial charge on any atom is 0.435 e. The third kappa shape index (κ3) is 3.43. The average Bonchev–Trinajstić information content (AvgIpc) is 3.17. The van der Waals surface area contributed by atoms with Gasteiger partial charge in [-0.2, -0.15) is 18.3 Å². The predicted molar refractivity (Wildman–Crippen MR) is 96.2 cm³/mol. The van der Waals surface area contributed by atoms with Crippen molar-refractivity contribution in [3.63, 3.8) is 0 Å². The highest BCUT2D eigenvalue weighted by molar-refractivity contribution is 5.93. The number of rotatable bonds is 4. The second kappa shape index (κ2) is 6.80. The number of nitrogens with one attached hydrogen (secondary N) is 2. The molecule has 2 N–H and O–H groups in total. The van der Waals surface area contributed by atoms with Crippen LogP contribution in [0.25, 0.3) is 22.3 Å². The van der Waals surface area contributed by atoms with E-state index in [9.17, 15) is 13.2 Å². The fourth-order valence-corrected chi connectivity index (χ4v) is 2.61. The van der Waals surface area contributed by atoms with Crippen molar-refractivity contribution in [2.75, 3.05) is 12.4 Å². The lowest BCUT2D eigenvalue weighted by Gasteiger charge is -2.11. The molecular weight excluding hydrogens is 373 g/mol. The van der Waals surface area contributed by atoms with E-state index in [0.717, 1.165) is 6.07 Å². The Morgan fingerprint density at radius 2 is 1.96 bits per heavy atom. The predicted octanol–water partition coefficient (Wildman–Crippen LogP) is 4.19. The quantitative estimate of drug-likeness (QED) is 0.547. The van der Waals surface area contributed by atoms with Crippen molar-refractivity contribution in [2.24, 2.45) is 0 Å². The third-order valence-electron chi connectivity index (χ3n) is 3.94. The highest BCUT2D eigenvalue weighted by Gasteiger charge is 2.34. The molecule has 0 unspecified atom stereocenters. The number of nitrogens with zero attached hydrogens (tertiary/aromatic N) is 4. The molecule has 10 heteroatoms. The van der Waals surface area contributed by atoms with E-state index in [4.69, 9.17) is 4.74 Å². The zero-order valence-corrected chi connectivity index (χ0v) is 14.4. The molecule has 0 aliphatic heterocycles. The van der Waals surface area contributed by atoms with Gasteiger partial charge in [-0.3, -0.25) is 10.1 Å². The molecule has 0 saturated heterocycles. The van der Waals surface area contributed by atoms with Crippen molar-refractivity contribution in [3.8, 4) is 17.1 Å². The molecule has 0 amide bonds. The number of alkyl halides is 3. The summed E-state index contributed by atoms with van der Waals surface area (Å²) < 4.78 is 43.7. The van der Waals surface area contributed by atoms with Gasteiger partial charge in [0, 0.05) is 29.4 Å². The number of anilines is 2. The number of benzene rings is 1. The number of aromatic nitrogens is 5.